The van der Waals surface area contributed by atoms with Gasteiger partial charge in [0.25, 0.3) is 0 Å². The van der Waals surface area contributed by atoms with Gasteiger partial charge in [-0.25, -0.2) is 0 Å². The Morgan fingerprint density at radius 1 is 1.25 bits per heavy atom. The van der Waals surface area contributed by atoms with Gasteiger partial charge in [-0.1, -0.05) is 0 Å². The summed E-state index contributed by atoms with van der Waals surface area (Å²) in [6.07, 6.45) is 0. The topological polar surface area (TPSA) is 57.5 Å². The van der Waals surface area contributed by atoms with Crippen LogP contribution in [0.5, 0.6) is 0 Å². The molecule has 46 valence electrons. The van der Waals surface area contributed by atoms with E-state index in [-0.39, 0.29) is 5.76 Å². The zero-order valence-electron chi connectivity index (χ0n) is 4.80. The van der Waals surface area contributed by atoms with Gasteiger partial charge in [-0.2, -0.15) is 0 Å². The van der Waals surface area contributed by atoms with E-state index in [1.165, 1.54) is 13.8 Å². The molecular weight excluding hydrogens is 108 g/mol. The van der Waals surface area contributed by atoms with Crippen molar-refractivity contribution in [1.82, 2.24) is 0 Å². The molecule has 3 nitrogen and oxygen atoms in total. The minimum Gasteiger partial charge on any atom is -0.509 e. The Bertz CT molecular complexity index is 131. The zero-order chi connectivity index (χ0) is 6.73. The fraction of sp³-hybridized carbons (Fsp3) is 0.400. The SMILES string of the molecule is CC(=O)C(O)=C(C)O. The summed E-state index contributed by atoms with van der Waals surface area (Å²) in [6.45, 7) is 2.42. The number of ketones is 1. The Morgan fingerprint density at radius 3 is 1.62 bits per heavy atom. The molecule has 0 rings (SSSR count). The van der Waals surface area contributed by atoms with Crippen LogP contribution in [0, 0.1) is 0 Å². The molecule has 8 heavy (non-hydrogen) atoms. The van der Waals surface area contributed by atoms with Gasteiger partial charge < -0.3 is 10.2 Å². The summed E-state index contributed by atoms with van der Waals surface area (Å²) in [6, 6.07) is 0. The maximum absolute atomic E-state index is 10.1. The summed E-state index contributed by atoms with van der Waals surface area (Å²) in [7, 11) is 0. The molecule has 0 aliphatic heterocycles. The highest BCUT2D eigenvalue weighted by molar-refractivity contribution is 5.90. The molecule has 0 saturated carbocycles. The largest absolute Gasteiger partial charge is 0.509 e. The van der Waals surface area contributed by atoms with Crippen LogP contribution in [-0.4, -0.2) is 16.0 Å². The summed E-state index contributed by atoms with van der Waals surface area (Å²) in [5.41, 5.74) is 0. The lowest BCUT2D eigenvalue weighted by atomic mass is 10.3. The van der Waals surface area contributed by atoms with Gasteiger partial charge in [0.15, 0.2) is 11.5 Å². The van der Waals surface area contributed by atoms with Gasteiger partial charge in [0.2, 0.25) is 0 Å². The molecule has 0 radical (unpaired) electrons. The normalized spacial score (nSPS) is 12.8. The fourth-order valence-electron chi connectivity index (χ4n) is 0.255. The molecule has 2 N–H and O–H groups in total. The number of allylic oxidation sites excluding steroid dienone is 2. The fourth-order valence-corrected chi connectivity index (χ4v) is 0.255. The number of rotatable bonds is 1. The zero-order valence-corrected chi connectivity index (χ0v) is 4.80. The van der Waals surface area contributed by atoms with Gasteiger partial charge in [-0.15, -0.1) is 0 Å². The Kier molecular flexibility index (Phi) is 2.06. The molecule has 0 spiro atoms. The second kappa shape index (κ2) is 2.35. The first-order chi connectivity index (χ1) is 3.55. The molecule has 0 amide bonds. The maximum Gasteiger partial charge on any atom is 0.197 e. The first kappa shape index (κ1) is 7.01. The number of hydrogen-bond acceptors (Lipinski definition) is 3. The molecular formula is C5H8O3. The second-order valence-corrected chi connectivity index (χ2v) is 1.49. The first-order valence-corrected chi connectivity index (χ1v) is 2.15. The Balaban J connectivity index is 4.23. The monoisotopic (exact) mass is 116 g/mol. The number of aliphatic hydroxyl groups excluding tert-OH is 2. The summed E-state index contributed by atoms with van der Waals surface area (Å²) in [4.78, 5) is 10.1. The van der Waals surface area contributed by atoms with Gasteiger partial charge in [0, 0.05) is 6.92 Å². The van der Waals surface area contributed by atoms with E-state index in [2.05, 4.69) is 0 Å². The smallest absolute Gasteiger partial charge is 0.197 e. The average Bonchev–Trinajstić information content (AvgIpc) is 1.64. The number of carbonyl (C=O) groups is 1. The van der Waals surface area contributed by atoms with Crippen LogP contribution in [0.2, 0.25) is 0 Å². The molecule has 0 aromatic rings. The Hall–Kier alpha value is -0.990. The Labute approximate surface area is 47.3 Å². The van der Waals surface area contributed by atoms with Crippen molar-refractivity contribution >= 4 is 5.78 Å². The lowest BCUT2D eigenvalue weighted by molar-refractivity contribution is -0.116. The second-order valence-electron chi connectivity index (χ2n) is 1.49. The highest BCUT2D eigenvalue weighted by Gasteiger charge is 2.01. The summed E-state index contributed by atoms with van der Waals surface area (Å²) in [5.74, 6) is -1.42. The van der Waals surface area contributed by atoms with Crippen molar-refractivity contribution in [3.63, 3.8) is 0 Å². The summed E-state index contributed by atoms with van der Waals surface area (Å²) >= 11 is 0. The van der Waals surface area contributed by atoms with Gasteiger partial charge >= 0.3 is 0 Å². The van der Waals surface area contributed by atoms with E-state index in [0.29, 0.717) is 0 Å². The van der Waals surface area contributed by atoms with Crippen LogP contribution in [0.25, 0.3) is 0 Å². The molecule has 0 saturated heterocycles. The van der Waals surface area contributed by atoms with Crippen molar-refractivity contribution in [2.75, 3.05) is 0 Å². The molecule has 0 aliphatic rings. The number of Topliss-reactive ketones (excluding diaryl/α,β-unsaturated/α-hetero) is 1. The predicted molar refractivity (Wildman–Crippen MR) is 28.6 cm³/mol. The lowest BCUT2D eigenvalue weighted by Gasteiger charge is -1.91. The third-order valence-corrected chi connectivity index (χ3v) is 0.676. The highest BCUT2D eigenvalue weighted by atomic mass is 16.3. The van der Waals surface area contributed by atoms with Gasteiger partial charge in [-0.3, -0.25) is 4.79 Å². The van der Waals surface area contributed by atoms with E-state index in [9.17, 15) is 4.79 Å². The Morgan fingerprint density at radius 2 is 1.62 bits per heavy atom. The molecule has 0 aromatic carbocycles. The van der Waals surface area contributed by atoms with E-state index < -0.39 is 11.5 Å². The average molecular weight is 116 g/mol. The molecule has 0 bridgehead atoms. The standard InChI is InChI=1S/C5H8O3/c1-3(6)5(8)4(2)7/h6,8H,1-2H3. The first-order valence-electron chi connectivity index (χ1n) is 2.15. The van der Waals surface area contributed by atoms with Crippen LogP contribution in [0.3, 0.4) is 0 Å². The van der Waals surface area contributed by atoms with Crippen molar-refractivity contribution in [2.45, 2.75) is 13.8 Å². The molecule has 0 aromatic heterocycles. The van der Waals surface area contributed by atoms with Crippen molar-refractivity contribution in [1.29, 1.82) is 0 Å². The molecule has 0 aliphatic carbocycles. The van der Waals surface area contributed by atoms with Crippen LogP contribution in [-0.2, 0) is 4.79 Å². The van der Waals surface area contributed by atoms with Gasteiger partial charge in [-0.05, 0) is 6.92 Å². The van der Waals surface area contributed by atoms with E-state index >= 15 is 0 Å². The third-order valence-electron chi connectivity index (χ3n) is 0.676. The van der Waals surface area contributed by atoms with Gasteiger partial charge in [0.1, 0.15) is 5.76 Å². The van der Waals surface area contributed by atoms with E-state index in [1.807, 2.05) is 0 Å². The molecule has 0 unspecified atom stereocenters. The van der Waals surface area contributed by atoms with Crippen LogP contribution >= 0.6 is 0 Å². The van der Waals surface area contributed by atoms with Crippen LogP contribution in [0.1, 0.15) is 13.8 Å². The number of carbonyl (C=O) groups excluding carboxylic acids is 1. The minimum atomic E-state index is -0.565. The van der Waals surface area contributed by atoms with E-state index in [4.69, 9.17) is 10.2 Å². The maximum atomic E-state index is 10.1. The highest BCUT2D eigenvalue weighted by Crippen LogP contribution is 1.95. The molecule has 0 atom stereocenters. The van der Waals surface area contributed by atoms with Crippen LogP contribution in [0.4, 0.5) is 0 Å². The lowest BCUT2D eigenvalue weighted by Crippen LogP contribution is -1.97. The van der Waals surface area contributed by atoms with Crippen molar-refractivity contribution in [3.8, 4) is 0 Å². The van der Waals surface area contributed by atoms with E-state index in [0.717, 1.165) is 0 Å². The third kappa shape index (κ3) is 1.64. The molecule has 0 heterocycles. The summed E-state index contributed by atoms with van der Waals surface area (Å²) < 4.78 is 0. The van der Waals surface area contributed by atoms with Crippen LogP contribution < -0.4 is 0 Å². The number of aliphatic hydroxyl groups is 2. The van der Waals surface area contributed by atoms with E-state index in [1.54, 1.807) is 0 Å². The van der Waals surface area contributed by atoms with Gasteiger partial charge in [0.05, 0.1) is 0 Å². The predicted octanol–water partition coefficient (Wildman–Crippen LogP) is 0.923. The molecule has 3 heteroatoms. The van der Waals surface area contributed by atoms with Crippen molar-refractivity contribution in [2.24, 2.45) is 0 Å². The van der Waals surface area contributed by atoms with Crippen molar-refractivity contribution in [3.05, 3.63) is 11.5 Å². The van der Waals surface area contributed by atoms with Crippen molar-refractivity contribution < 1.29 is 15.0 Å². The summed E-state index contributed by atoms with van der Waals surface area (Å²) in [5, 5.41) is 16.9. The molecule has 0 fully saturated rings. The number of hydrogen-bond donors (Lipinski definition) is 2. The quantitative estimate of drug-likeness (QED) is 0.395. The minimum absolute atomic E-state index is 0.336. The van der Waals surface area contributed by atoms with Crippen LogP contribution in [0.15, 0.2) is 11.5 Å².